The zero-order chi connectivity index (χ0) is 18.6. The van der Waals surface area contributed by atoms with E-state index in [0.29, 0.717) is 24.5 Å². The molecule has 2 fully saturated rings. The van der Waals surface area contributed by atoms with Crippen LogP contribution < -0.4 is 10.5 Å². The molecule has 0 amide bonds. The third kappa shape index (κ3) is 5.91. The highest BCUT2D eigenvalue weighted by atomic mass is 32.2. The fraction of sp³-hybridized carbons (Fsp3) is 0.600. The van der Waals surface area contributed by atoms with Crippen molar-refractivity contribution in [2.24, 2.45) is 11.1 Å². The Balaban J connectivity index is 1.43. The lowest BCUT2D eigenvalue weighted by Crippen LogP contribution is -2.45. The van der Waals surface area contributed by atoms with Gasteiger partial charge < -0.3 is 10.2 Å². The quantitative estimate of drug-likeness (QED) is 0.728. The van der Waals surface area contributed by atoms with E-state index in [2.05, 4.69) is 53.5 Å². The summed E-state index contributed by atoms with van der Waals surface area (Å²) in [5.41, 5.74) is 2.83. The second-order valence-electron chi connectivity index (χ2n) is 7.58. The zero-order valence-corrected chi connectivity index (χ0v) is 16.4. The van der Waals surface area contributed by atoms with Gasteiger partial charge in [-0.2, -0.15) is 0 Å². The number of primary sulfonamides is 1. The smallest absolute Gasteiger partial charge is 0.210 e. The van der Waals surface area contributed by atoms with Gasteiger partial charge in [0.1, 0.15) is 0 Å². The summed E-state index contributed by atoms with van der Waals surface area (Å²) in [6.45, 7) is 4.70. The first-order valence-electron chi connectivity index (χ1n) is 9.69. The Bertz CT molecular complexity index is 710. The highest BCUT2D eigenvalue weighted by molar-refractivity contribution is 7.89. The fourth-order valence-electron chi connectivity index (χ4n) is 3.91. The van der Waals surface area contributed by atoms with Crippen LogP contribution in [-0.4, -0.2) is 50.8 Å². The first-order valence-corrected chi connectivity index (χ1v) is 11.4. The fourth-order valence-corrected chi connectivity index (χ4v) is 4.42. The first-order chi connectivity index (χ1) is 12.4. The van der Waals surface area contributed by atoms with Crippen LogP contribution >= 0.6 is 0 Å². The number of nitrogens with one attached hydrogen (secondary N) is 1. The van der Waals surface area contributed by atoms with Crippen LogP contribution in [-0.2, 0) is 10.0 Å². The molecule has 0 bridgehead atoms. The molecular weight excluding hydrogens is 346 g/mol. The Labute approximate surface area is 157 Å². The number of hydrogen-bond donors (Lipinski definition) is 2. The SMILES string of the molecule is CC/C(=C\c1ccccc1)C1C[C@H]1NC1CCN(CCS(N)(=O)=O)CC1. The molecular formula is C20H31N3O2S. The van der Waals surface area contributed by atoms with Crippen molar-refractivity contribution in [3.8, 4) is 0 Å². The van der Waals surface area contributed by atoms with E-state index < -0.39 is 10.0 Å². The van der Waals surface area contributed by atoms with E-state index in [9.17, 15) is 8.42 Å². The van der Waals surface area contributed by atoms with Crippen LogP contribution in [0.15, 0.2) is 35.9 Å². The van der Waals surface area contributed by atoms with Crippen molar-refractivity contribution in [1.82, 2.24) is 10.2 Å². The van der Waals surface area contributed by atoms with E-state index in [4.69, 9.17) is 5.14 Å². The lowest BCUT2D eigenvalue weighted by molar-refractivity contribution is 0.206. The van der Waals surface area contributed by atoms with Gasteiger partial charge in [0.25, 0.3) is 0 Å². The summed E-state index contributed by atoms with van der Waals surface area (Å²) in [6, 6.07) is 11.7. The van der Waals surface area contributed by atoms with Crippen LogP contribution in [0.1, 0.15) is 38.2 Å². The molecule has 1 heterocycles. The Morgan fingerprint density at radius 2 is 1.96 bits per heavy atom. The Hall–Kier alpha value is -1.21. The Kier molecular flexibility index (Phi) is 6.51. The number of nitrogens with two attached hydrogens (primary N) is 1. The minimum atomic E-state index is -3.36. The standard InChI is InChI=1S/C20H31N3O2S/c1-2-17(14-16-6-4-3-5-7-16)19-15-20(19)22-18-8-10-23(11-9-18)12-13-26(21,24)25/h3-7,14,18-20,22H,2,8-13,15H2,1H3,(H2,21,24,25)/b17-14+/t19?,20-/m1/s1. The van der Waals surface area contributed by atoms with Gasteiger partial charge in [-0.3, -0.25) is 0 Å². The van der Waals surface area contributed by atoms with E-state index in [0.717, 1.165) is 32.4 Å². The summed E-state index contributed by atoms with van der Waals surface area (Å²) in [5.74, 6) is 0.723. The molecule has 1 saturated heterocycles. The van der Waals surface area contributed by atoms with Gasteiger partial charge in [0.05, 0.1) is 5.75 Å². The van der Waals surface area contributed by atoms with Crippen LogP contribution in [0.4, 0.5) is 0 Å². The number of nitrogens with zero attached hydrogens (tertiary/aromatic N) is 1. The molecule has 3 N–H and O–H groups in total. The molecule has 144 valence electrons. The molecule has 2 atom stereocenters. The van der Waals surface area contributed by atoms with Crippen molar-refractivity contribution >= 4 is 16.1 Å². The summed E-state index contributed by atoms with van der Waals surface area (Å²) in [5, 5.41) is 8.92. The van der Waals surface area contributed by atoms with Crippen LogP contribution in [0.25, 0.3) is 6.08 Å². The van der Waals surface area contributed by atoms with Crippen LogP contribution in [0, 0.1) is 5.92 Å². The maximum atomic E-state index is 11.1. The van der Waals surface area contributed by atoms with Gasteiger partial charge in [-0.25, -0.2) is 13.6 Å². The second kappa shape index (κ2) is 8.65. The number of sulfonamides is 1. The zero-order valence-electron chi connectivity index (χ0n) is 15.6. The molecule has 0 spiro atoms. The number of hydrogen-bond acceptors (Lipinski definition) is 4. The summed E-state index contributed by atoms with van der Waals surface area (Å²) < 4.78 is 22.2. The molecule has 3 rings (SSSR count). The lowest BCUT2D eigenvalue weighted by atomic mass is 10.0. The predicted octanol–water partition coefficient (Wildman–Crippen LogP) is 2.21. The molecule has 2 aliphatic rings. The van der Waals surface area contributed by atoms with E-state index in [1.807, 2.05) is 0 Å². The predicted molar refractivity (Wildman–Crippen MR) is 107 cm³/mol. The molecule has 0 aromatic heterocycles. The molecule has 1 aliphatic heterocycles. The minimum Gasteiger partial charge on any atom is -0.311 e. The van der Waals surface area contributed by atoms with Crippen molar-refractivity contribution in [3.63, 3.8) is 0 Å². The Morgan fingerprint density at radius 3 is 2.58 bits per heavy atom. The third-order valence-corrected chi connectivity index (χ3v) is 6.31. The van der Waals surface area contributed by atoms with Crippen molar-refractivity contribution in [1.29, 1.82) is 0 Å². The summed E-state index contributed by atoms with van der Waals surface area (Å²) >= 11 is 0. The highest BCUT2D eigenvalue weighted by Gasteiger charge is 2.40. The second-order valence-corrected chi connectivity index (χ2v) is 9.32. The van der Waals surface area contributed by atoms with Gasteiger partial charge in [0.15, 0.2) is 0 Å². The summed E-state index contributed by atoms with van der Waals surface area (Å²) in [4.78, 5) is 2.21. The van der Waals surface area contributed by atoms with Crippen molar-refractivity contribution in [3.05, 3.63) is 41.5 Å². The van der Waals surface area contributed by atoms with Gasteiger partial charge in [-0.05, 0) is 50.3 Å². The van der Waals surface area contributed by atoms with E-state index in [1.54, 1.807) is 5.57 Å². The average Bonchev–Trinajstić information content (AvgIpc) is 3.38. The molecule has 1 aromatic carbocycles. The van der Waals surface area contributed by atoms with Crippen LogP contribution in [0.3, 0.4) is 0 Å². The molecule has 0 radical (unpaired) electrons. The highest BCUT2D eigenvalue weighted by Crippen LogP contribution is 2.40. The molecule has 5 nitrogen and oxygen atoms in total. The monoisotopic (exact) mass is 377 g/mol. The van der Waals surface area contributed by atoms with Crippen molar-refractivity contribution in [2.75, 3.05) is 25.4 Å². The van der Waals surface area contributed by atoms with Crippen molar-refractivity contribution < 1.29 is 8.42 Å². The number of piperidine rings is 1. The van der Waals surface area contributed by atoms with E-state index in [-0.39, 0.29) is 5.75 Å². The molecule has 26 heavy (non-hydrogen) atoms. The van der Waals surface area contributed by atoms with Gasteiger partial charge in [0, 0.05) is 18.6 Å². The van der Waals surface area contributed by atoms with E-state index in [1.165, 1.54) is 12.0 Å². The molecule has 1 saturated carbocycles. The van der Waals surface area contributed by atoms with Gasteiger partial charge in [-0.15, -0.1) is 0 Å². The largest absolute Gasteiger partial charge is 0.311 e. The van der Waals surface area contributed by atoms with Crippen molar-refractivity contribution in [2.45, 2.75) is 44.7 Å². The van der Waals surface area contributed by atoms with Gasteiger partial charge in [-0.1, -0.05) is 48.9 Å². The summed E-state index contributed by atoms with van der Waals surface area (Å²) in [6.07, 6.45) is 6.85. The molecule has 6 heteroatoms. The number of likely N-dealkylation sites (tertiary alicyclic amines) is 1. The maximum absolute atomic E-state index is 11.1. The van der Waals surface area contributed by atoms with E-state index >= 15 is 0 Å². The lowest BCUT2D eigenvalue weighted by Gasteiger charge is -2.32. The Morgan fingerprint density at radius 1 is 1.27 bits per heavy atom. The topological polar surface area (TPSA) is 75.4 Å². The maximum Gasteiger partial charge on any atom is 0.210 e. The first kappa shape index (κ1) is 19.5. The molecule has 1 aliphatic carbocycles. The molecule has 1 unspecified atom stereocenters. The van der Waals surface area contributed by atoms with Gasteiger partial charge >= 0.3 is 0 Å². The van der Waals surface area contributed by atoms with Crippen LogP contribution in [0.2, 0.25) is 0 Å². The normalized spacial score (nSPS) is 25.4. The third-order valence-electron chi connectivity index (χ3n) is 5.56. The number of rotatable bonds is 8. The van der Waals surface area contributed by atoms with Crippen LogP contribution in [0.5, 0.6) is 0 Å². The minimum absolute atomic E-state index is 0.0555. The summed E-state index contributed by atoms with van der Waals surface area (Å²) in [7, 11) is -3.36. The number of benzene rings is 1. The van der Waals surface area contributed by atoms with Gasteiger partial charge in [0.2, 0.25) is 10.0 Å². The average molecular weight is 378 g/mol. The molecule has 1 aromatic rings.